The Morgan fingerprint density at radius 1 is 1.53 bits per heavy atom. The highest BCUT2D eigenvalue weighted by Gasteiger charge is 2.19. The molecule has 1 atom stereocenters. The van der Waals surface area contributed by atoms with Gasteiger partial charge in [-0.1, -0.05) is 0 Å². The molecule has 0 bridgehead atoms. The lowest BCUT2D eigenvalue weighted by molar-refractivity contribution is 0.154. The summed E-state index contributed by atoms with van der Waals surface area (Å²) in [6, 6.07) is 1.90. The maximum atomic E-state index is 9.56. The molecule has 0 saturated carbocycles. The molecule has 2 heterocycles. The lowest BCUT2D eigenvalue weighted by Crippen LogP contribution is -2.38. The Kier molecular flexibility index (Phi) is 2.73. The topological polar surface area (TPSA) is 75.3 Å². The van der Waals surface area contributed by atoms with Gasteiger partial charge in [-0.15, -0.1) is 0 Å². The molecule has 1 aromatic heterocycles. The Hall–Kier alpha value is -1.36. The number of aliphatic hydroxyl groups excluding tert-OH is 1. The first-order valence-corrected chi connectivity index (χ1v) is 5.19. The van der Waals surface area contributed by atoms with Crippen LogP contribution in [-0.4, -0.2) is 34.3 Å². The number of aliphatic hydroxyl groups is 1. The van der Waals surface area contributed by atoms with E-state index in [0.29, 0.717) is 12.5 Å². The van der Waals surface area contributed by atoms with Gasteiger partial charge in [-0.3, -0.25) is 0 Å². The summed E-state index contributed by atoms with van der Waals surface area (Å²) in [4.78, 5) is 10.3. The molecule has 2 rings (SSSR count). The maximum Gasteiger partial charge on any atom is 0.222 e. The molecule has 1 fully saturated rings. The van der Waals surface area contributed by atoms with Crippen LogP contribution in [-0.2, 0) is 0 Å². The summed E-state index contributed by atoms with van der Waals surface area (Å²) in [7, 11) is 0. The Morgan fingerprint density at radius 3 is 3.00 bits per heavy atom. The number of β-amino-alcohol motifs (C(OH)–C–C–N with tert-alkyl or cyclic N) is 1. The molecule has 1 saturated heterocycles. The predicted octanol–water partition coefficient (Wildman–Crippen LogP) is 0.328. The van der Waals surface area contributed by atoms with E-state index >= 15 is 0 Å². The van der Waals surface area contributed by atoms with E-state index in [9.17, 15) is 5.11 Å². The Balaban J connectivity index is 2.20. The Morgan fingerprint density at radius 2 is 2.33 bits per heavy atom. The van der Waals surface area contributed by atoms with E-state index in [2.05, 4.69) is 14.9 Å². The van der Waals surface area contributed by atoms with E-state index in [1.807, 2.05) is 13.0 Å². The Labute approximate surface area is 88.9 Å². The highest BCUT2D eigenvalue weighted by Crippen LogP contribution is 2.18. The molecule has 5 nitrogen and oxygen atoms in total. The Bertz CT molecular complexity index is 335. The number of rotatable bonds is 1. The third kappa shape index (κ3) is 2.36. The van der Waals surface area contributed by atoms with Gasteiger partial charge in [-0.25, -0.2) is 4.98 Å². The number of nitrogens with zero attached hydrogens (tertiary/aromatic N) is 3. The standard InChI is InChI=1S/C10H16N4O/c1-7-5-9(13-10(11)12-7)14-4-2-3-8(15)6-14/h5,8,15H,2-4,6H2,1H3,(H2,11,12,13). The van der Waals surface area contributed by atoms with Crippen molar-refractivity contribution in [3.63, 3.8) is 0 Å². The van der Waals surface area contributed by atoms with Crippen molar-refractivity contribution in [2.45, 2.75) is 25.9 Å². The first-order valence-electron chi connectivity index (χ1n) is 5.19. The number of aryl methyl sites for hydroxylation is 1. The molecule has 0 aromatic carbocycles. The van der Waals surface area contributed by atoms with Gasteiger partial charge >= 0.3 is 0 Å². The fourth-order valence-electron chi connectivity index (χ4n) is 1.90. The normalized spacial score (nSPS) is 21.7. The van der Waals surface area contributed by atoms with Gasteiger partial charge in [0.1, 0.15) is 5.82 Å². The second kappa shape index (κ2) is 4.02. The van der Waals surface area contributed by atoms with E-state index in [0.717, 1.165) is 30.9 Å². The molecule has 1 aliphatic heterocycles. The van der Waals surface area contributed by atoms with Crippen molar-refractivity contribution < 1.29 is 5.11 Å². The smallest absolute Gasteiger partial charge is 0.222 e. The molecule has 15 heavy (non-hydrogen) atoms. The van der Waals surface area contributed by atoms with Crippen LogP contribution < -0.4 is 10.6 Å². The van der Waals surface area contributed by atoms with Gasteiger partial charge in [0.15, 0.2) is 0 Å². The summed E-state index contributed by atoms with van der Waals surface area (Å²) in [5.41, 5.74) is 6.45. The van der Waals surface area contributed by atoms with Crippen molar-refractivity contribution in [1.82, 2.24) is 9.97 Å². The zero-order valence-corrected chi connectivity index (χ0v) is 8.85. The zero-order chi connectivity index (χ0) is 10.8. The SMILES string of the molecule is Cc1cc(N2CCCC(O)C2)nc(N)n1. The van der Waals surface area contributed by atoms with E-state index in [1.165, 1.54) is 0 Å². The fourth-order valence-corrected chi connectivity index (χ4v) is 1.90. The third-order valence-electron chi connectivity index (χ3n) is 2.58. The average molecular weight is 208 g/mol. The van der Waals surface area contributed by atoms with Gasteiger partial charge < -0.3 is 15.7 Å². The van der Waals surface area contributed by atoms with Gasteiger partial charge in [0, 0.05) is 24.8 Å². The molecule has 1 unspecified atom stereocenters. The minimum Gasteiger partial charge on any atom is -0.391 e. The summed E-state index contributed by atoms with van der Waals surface area (Å²) in [5.74, 6) is 1.11. The van der Waals surface area contributed by atoms with Gasteiger partial charge in [0.25, 0.3) is 0 Å². The molecule has 5 heteroatoms. The molecule has 3 N–H and O–H groups in total. The minimum atomic E-state index is -0.254. The van der Waals surface area contributed by atoms with Crippen molar-refractivity contribution in [3.05, 3.63) is 11.8 Å². The van der Waals surface area contributed by atoms with Crippen molar-refractivity contribution in [1.29, 1.82) is 0 Å². The van der Waals surface area contributed by atoms with Crippen LogP contribution in [0.15, 0.2) is 6.07 Å². The minimum absolute atomic E-state index is 0.254. The summed E-state index contributed by atoms with van der Waals surface area (Å²) in [5, 5.41) is 9.56. The largest absolute Gasteiger partial charge is 0.391 e. The van der Waals surface area contributed by atoms with Crippen LogP contribution in [0.3, 0.4) is 0 Å². The van der Waals surface area contributed by atoms with Gasteiger partial charge in [0.2, 0.25) is 5.95 Å². The number of aromatic nitrogens is 2. The van der Waals surface area contributed by atoms with Gasteiger partial charge in [-0.2, -0.15) is 4.98 Å². The van der Waals surface area contributed by atoms with Gasteiger partial charge in [0.05, 0.1) is 6.10 Å². The number of nitrogen functional groups attached to an aromatic ring is 1. The molecule has 82 valence electrons. The van der Waals surface area contributed by atoms with Crippen molar-refractivity contribution in [3.8, 4) is 0 Å². The lowest BCUT2D eigenvalue weighted by atomic mass is 10.1. The van der Waals surface area contributed by atoms with Crippen LogP contribution in [0.4, 0.5) is 11.8 Å². The van der Waals surface area contributed by atoms with Crippen LogP contribution in [0, 0.1) is 6.92 Å². The van der Waals surface area contributed by atoms with Crippen LogP contribution >= 0.6 is 0 Å². The molecule has 0 spiro atoms. The van der Waals surface area contributed by atoms with E-state index < -0.39 is 0 Å². The van der Waals surface area contributed by atoms with Crippen molar-refractivity contribution >= 4 is 11.8 Å². The molecular formula is C10H16N4O. The summed E-state index contributed by atoms with van der Waals surface area (Å²) in [6.07, 6.45) is 1.61. The molecule has 0 amide bonds. The number of hydrogen-bond donors (Lipinski definition) is 2. The molecule has 1 aliphatic rings. The highest BCUT2D eigenvalue weighted by molar-refractivity contribution is 5.43. The quantitative estimate of drug-likeness (QED) is 0.695. The van der Waals surface area contributed by atoms with Crippen molar-refractivity contribution in [2.24, 2.45) is 0 Å². The molecule has 1 aromatic rings. The number of piperidine rings is 1. The summed E-state index contributed by atoms with van der Waals surface area (Å²) in [6.45, 7) is 3.45. The predicted molar refractivity (Wildman–Crippen MR) is 58.6 cm³/mol. The van der Waals surface area contributed by atoms with Crippen molar-refractivity contribution in [2.75, 3.05) is 23.7 Å². The summed E-state index contributed by atoms with van der Waals surface area (Å²) >= 11 is 0. The van der Waals surface area contributed by atoms with Crippen LogP contribution in [0.5, 0.6) is 0 Å². The fraction of sp³-hybridized carbons (Fsp3) is 0.600. The van der Waals surface area contributed by atoms with E-state index in [1.54, 1.807) is 0 Å². The number of hydrogen-bond acceptors (Lipinski definition) is 5. The lowest BCUT2D eigenvalue weighted by Gasteiger charge is -2.31. The third-order valence-corrected chi connectivity index (χ3v) is 2.58. The first kappa shape index (κ1) is 10.2. The average Bonchev–Trinajstić information content (AvgIpc) is 2.16. The van der Waals surface area contributed by atoms with Crippen LogP contribution in [0.25, 0.3) is 0 Å². The maximum absolute atomic E-state index is 9.56. The molecule has 0 radical (unpaired) electrons. The summed E-state index contributed by atoms with van der Waals surface area (Å²) < 4.78 is 0. The zero-order valence-electron chi connectivity index (χ0n) is 8.85. The second-order valence-corrected chi connectivity index (χ2v) is 3.97. The number of nitrogens with two attached hydrogens (primary N) is 1. The van der Waals surface area contributed by atoms with Gasteiger partial charge in [-0.05, 0) is 19.8 Å². The second-order valence-electron chi connectivity index (χ2n) is 3.97. The van der Waals surface area contributed by atoms with E-state index in [-0.39, 0.29) is 6.10 Å². The monoisotopic (exact) mass is 208 g/mol. The van der Waals surface area contributed by atoms with Crippen LogP contribution in [0.2, 0.25) is 0 Å². The van der Waals surface area contributed by atoms with Crippen LogP contribution in [0.1, 0.15) is 18.5 Å². The first-order chi connectivity index (χ1) is 7.15. The molecular weight excluding hydrogens is 192 g/mol. The van der Waals surface area contributed by atoms with E-state index in [4.69, 9.17) is 5.73 Å². The molecule has 0 aliphatic carbocycles. The number of anilines is 2. The highest BCUT2D eigenvalue weighted by atomic mass is 16.3.